The molecule has 0 unspecified atom stereocenters. The summed E-state index contributed by atoms with van der Waals surface area (Å²) >= 11 is 0. The molecular formula is C20H20BNO4. The van der Waals surface area contributed by atoms with E-state index in [2.05, 4.69) is 11.0 Å². The molecule has 0 bridgehead atoms. The number of aryl methyl sites for hydroxylation is 2. The van der Waals surface area contributed by atoms with Crippen LogP contribution in [-0.4, -0.2) is 23.7 Å². The summed E-state index contributed by atoms with van der Waals surface area (Å²) < 4.78 is 5.41. The van der Waals surface area contributed by atoms with Gasteiger partial charge in [0.25, 0.3) is 0 Å². The molecule has 1 aliphatic rings. The highest BCUT2D eigenvalue weighted by molar-refractivity contribution is 6.59. The zero-order chi connectivity index (χ0) is 18.3. The van der Waals surface area contributed by atoms with Gasteiger partial charge < -0.3 is 19.4 Å². The van der Waals surface area contributed by atoms with Gasteiger partial charge in [0.15, 0.2) is 0 Å². The Hall–Kier alpha value is -2.57. The standard InChI is InChI=1S/C20H20BNO4/c1-13-9-20(23)26-19-11-18-14(10-16(13)19)6-4-8-22(18)12-15-5-2-3-7-17(15)21(24)25/h2-3,5,7,9-11,24-25H,4,6,8,12H2,1H3. The molecule has 6 heteroatoms. The summed E-state index contributed by atoms with van der Waals surface area (Å²) in [6.07, 6.45) is 2.00. The Morgan fingerprint density at radius 1 is 1.19 bits per heavy atom. The molecule has 0 fully saturated rings. The first-order valence-electron chi connectivity index (χ1n) is 8.79. The Morgan fingerprint density at radius 3 is 2.81 bits per heavy atom. The first-order chi connectivity index (χ1) is 12.5. The van der Waals surface area contributed by atoms with Crippen molar-refractivity contribution >= 4 is 29.2 Å². The van der Waals surface area contributed by atoms with Crippen LogP contribution >= 0.6 is 0 Å². The minimum absolute atomic E-state index is 0.342. The van der Waals surface area contributed by atoms with Crippen molar-refractivity contribution in [1.29, 1.82) is 0 Å². The van der Waals surface area contributed by atoms with E-state index >= 15 is 0 Å². The van der Waals surface area contributed by atoms with Crippen molar-refractivity contribution in [2.24, 2.45) is 0 Å². The summed E-state index contributed by atoms with van der Waals surface area (Å²) in [5, 5.41) is 20.2. The Morgan fingerprint density at radius 2 is 2.00 bits per heavy atom. The van der Waals surface area contributed by atoms with Gasteiger partial charge in [-0.25, -0.2) is 4.79 Å². The lowest BCUT2D eigenvalue weighted by Crippen LogP contribution is -2.37. The monoisotopic (exact) mass is 349 g/mol. The molecule has 26 heavy (non-hydrogen) atoms. The highest BCUT2D eigenvalue weighted by atomic mass is 16.4. The molecule has 5 nitrogen and oxygen atoms in total. The summed E-state index contributed by atoms with van der Waals surface area (Å²) in [5.74, 6) is 0. The fourth-order valence-corrected chi connectivity index (χ4v) is 3.77. The fourth-order valence-electron chi connectivity index (χ4n) is 3.77. The number of hydrogen-bond donors (Lipinski definition) is 2. The average Bonchev–Trinajstić information content (AvgIpc) is 2.61. The predicted octanol–water partition coefficient (Wildman–Crippen LogP) is 1.73. The minimum Gasteiger partial charge on any atom is -0.423 e. The van der Waals surface area contributed by atoms with Gasteiger partial charge in [0, 0.05) is 36.3 Å². The van der Waals surface area contributed by atoms with Crippen LogP contribution in [0.2, 0.25) is 0 Å². The molecule has 2 N–H and O–H groups in total. The molecule has 2 aromatic carbocycles. The van der Waals surface area contributed by atoms with Crippen LogP contribution in [0.5, 0.6) is 0 Å². The molecule has 1 aliphatic heterocycles. The summed E-state index contributed by atoms with van der Waals surface area (Å²) in [6.45, 7) is 3.36. The molecule has 3 aromatic rings. The van der Waals surface area contributed by atoms with Crippen molar-refractivity contribution < 1.29 is 14.5 Å². The highest BCUT2D eigenvalue weighted by Crippen LogP contribution is 2.33. The van der Waals surface area contributed by atoms with Crippen LogP contribution in [0.15, 0.2) is 51.7 Å². The molecule has 0 saturated carbocycles. The van der Waals surface area contributed by atoms with Crippen molar-refractivity contribution in [3.63, 3.8) is 0 Å². The van der Waals surface area contributed by atoms with E-state index in [9.17, 15) is 14.8 Å². The molecule has 0 radical (unpaired) electrons. The van der Waals surface area contributed by atoms with Crippen molar-refractivity contribution in [3.05, 3.63) is 69.6 Å². The third-order valence-electron chi connectivity index (χ3n) is 5.06. The molecule has 0 amide bonds. The Kier molecular flexibility index (Phi) is 4.30. The van der Waals surface area contributed by atoms with Crippen molar-refractivity contribution in [1.82, 2.24) is 0 Å². The van der Waals surface area contributed by atoms with Gasteiger partial charge in [0.05, 0.1) is 0 Å². The largest absolute Gasteiger partial charge is 0.488 e. The van der Waals surface area contributed by atoms with Crippen molar-refractivity contribution in [3.8, 4) is 0 Å². The van der Waals surface area contributed by atoms with E-state index in [1.807, 2.05) is 25.1 Å². The van der Waals surface area contributed by atoms with Gasteiger partial charge in [-0.3, -0.25) is 0 Å². The minimum atomic E-state index is -1.49. The second-order valence-electron chi connectivity index (χ2n) is 6.82. The maximum absolute atomic E-state index is 11.7. The van der Waals surface area contributed by atoms with Crippen molar-refractivity contribution in [2.75, 3.05) is 11.4 Å². The third-order valence-corrected chi connectivity index (χ3v) is 5.06. The van der Waals surface area contributed by atoms with Gasteiger partial charge in [0.2, 0.25) is 0 Å². The second-order valence-corrected chi connectivity index (χ2v) is 6.82. The van der Waals surface area contributed by atoms with E-state index < -0.39 is 7.12 Å². The topological polar surface area (TPSA) is 73.9 Å². The average molecular weight is 349 g/mol. The molecule has 1 aromatic heterocycles. The van der Waals surface area contributed by atoms with E-state index in [-0.39, 0.29) is 5.63 Å². The molecule has 4 rings (SSSR count). The zero-order valence-corrected chi connectivity index (χ0v) is 14.6. The molecule has 132 valence electrons. The third kappa shape index (κ3) is 3.02. The predicted molar refractivity (Wildman–Crippen MR) is 103 cm³/mol. The van der Waals surface area contributed by atoms with Crippen LogP contribution in [0, 0.1) is 6.92 Å². The lowest BCUT2D eigenvalue weighted by molar-refractivity contribution is 0.425. The number of nitrogens with zero attached hydrogens (tertiary/aromatic N) is 1. The highest BCUT2D eigenvalue weighted by Gasteiger charge is 2.22. The van der Waals surface area contributed by atoms with Gasteiger partial charge in [-0.05, 0) is 48.0 Å². The molecule has 2 heterocycles. The van der Waals surface area contributed by atoms with Crippen LogP contribution < -0.4 is 16.0 Å². The van der Waals surface area contributed by atoms with Gasteiger partial charge in [-0.1, -0.05) is 24.3 Å². The van der Waals surface area contributed by atoms with Gasteiger partial charge in [-0.2, -0.15) is 0 Å². The molecule has 0 spiro atoms. The number of rotatable bonds is 3. The first kappa shape index (κ1) is 16.9. The molecule has 0 aliphatic carbocycles. The molecule has 0 saturated heterocycles. The van der Waals surface area contributed by atoms with Crippen LogP contribution in [0.3, 0.4) is 0 Å². The van der Waals surface area contributed by atoms with Gasteiger partial charge in [-0.15, -0.1) is 0 Å². The lowest BCUT2D eigenvalue weighted by Gasteiger charge is -2.32. The quantitative estimate of drug-likeness (QED) is 0.557. The molecule has 0 atom stereocenters. The van der Waals surface area contributed by atoms with E-state index in [0.29, 0.717) is 17.6 Å². The van der Waals surface area contributed by atoms with Crippen LogP contribution in [0.25, 0.3) is 11.0 Å². The van der Waals surface area contributed by atoms with Crippen LogP contribution in [0.1, 0.15) is 23.1 Å². The summed E-state index contributed by atoms with van der Waals surface area (Å²) in [4.78, 5) is 13.9. The Labute approximate surface area is 151 Å². The van der Waals surface area contributed by atoms with Gasteiger partial charge in [0.1, 0.15) is 5.58 Å². The maximum Gasteiger partial charge on any atom is 0.488 e. The maximum atomic E-state index is 11.7. The van der Waals surface area contributed by atoms with E-state index in [1.165, 1.54) is 11.6 Å². The van der Waals surface area contributed by atoms with E-state index in [0.717, 1.165) is 41.6 Å². The van der Waals surface area contributed by atoms with Gasteiger partial charge >= 0.3 is 12.7 Å². The normalized spacial score (nSPS) is 13.7. The summed E-state index contributed by atoms with van der Waals surface area (Å²) in [5.41, 5.74) is 4.83. The lowest BCUT2D eigenvalue weighted by atomic mass is 9.77. The summed E-state index contributed by atoms with van der Waals surface area (Å²) in [6, 6.07) is 12.9. The number of fused-ring (bicyclic) bond motifs is 2. The Bertz CT molecular complexity index is 1030. The van der Waals surface area contributed by atoms with E-state index in [4.69, 9.17) is 4.42 Å². The Balaban J connectivity index is 1.78. The molecular weight excluding hydrogens is 329 g/mol. The van der Waals surface area contributed by atoms with Crippen LogP contribution in [-0.2, 0) is 13.0 Å². The van der Waals surface area contributed by atoms with E-state index in [1.54, 1.807) is 12.1 Å². The number of anilines is 1. The number of benzene rings is 2. The summed E-state index contributed by atoms with van der Waals surface area (Å²) in [7, 11) is -1.49. The smallest absolute Gasteiger partial charge is 0.423 e. The van der Waals surface area contributed by atoms with Crippen molar-refractivity contribution in [2.45, 2.75) is 26.3 Å². The second kappa shape index (κ2) is 6.63. The fraction of sp³-hybridized carbons (Fsp3) is 0.250. The first-order valence-corrected chi connectivity index (χ1v) is 8.79. The van der Waals surface area contributed by atoms with Crippen LogP contribution in [0.4, 0.5) is 5.69 Å². The zero-order valence-electron chi connectivity index (χ0n) is 14.6. The number of hydrogen-bond acceptors (Lipinski definition) is 5. The SMILES string of the molecule is Cc1cc(=O)oc2cc3c(cc12)CCCN3Cc1ccccc1B(O)O.